The molecule has 0 radical (unpaired) electrons. The average molecular weight is 527 g/mol. The van der Waals surface area contributed by atoms with Gasteiger partial charge in [-0.25, -0.2) is 8.42 Å². The fourth-order valence-corrected chi connectivity index (χ4v) is 5.19. The van der Waals surface area contributed by atoms with Crippen LogP contribution in [-0.4, -0.2) is 54.2 Å². The molecule has 0 aliphatic carbocycles. The summed E-state index contributed by atoms with van der Waals surface area (Å²) in [5, 5.41) is 13.4. The van der Waals surface area contributed by atoms with E-state index in [-0.39, 0.29) is 21.0 Å². The average Bonchev–Trinajstić information content (AvgIpc) is 3.30. The summed E-state index contributed by atoms with van der Waals surface area (Å²) >= 11 is 0.753. The van der Waals surface area contributed by atoms with Gasteiger partial charge in [-0.2, -0.15) is 10.0 Å². The Morgan fingerprint density at radius 3 is 2.50 bits per heavy atom. The summed E-state index contributed by atoms with van der Waals surface area (Å²) in [6, 6.07) is 15.1. The van der Waals surface area contributed by atoms with Crippen molar-refractivity contribution >= 4 is 49.0 Å². The van der Waals surface area contributed by atoms with Crippen molar-refractivity contribution < 1.29 is 22.7 Å². The van der Waals surface area contributed by atoms with Crippen LogP contribution in [0.4, 0.5) is 0 Å². The summed E-state index contributed by atoms with van der Waals surface area (Å²) in [6.45, 7) is 5.08. The second kappa shape index (κ2) is 10.7. The Hall–Kier alpha value is -3.44. The van der Waals surface area contributed by atoms with E-state index >= 15 is 0 Å². The molecule has 0 spiro atoms. The van der Waals surface area contributed by atoms with Crippen LogP contribution in [0.5, 0.6) is 11.5 Å². The van der Waals surface area contributed by atoms with Crippen LogP contribution >= 0.6 is 11.8 Å². The second-order valence-electron chi connectivity index (χ2n) is 8.27. The molecular weight excluding hydrogens is 500 g/mol. The monoisotopic (exact) mass is 526 g/mol. The van der Waals surface area contributed by atoms with Gasteiger partial charge in [0.05, 0.1) is 5.57 Å². The smallest absolute Gasteiger partial charge is 0.283 e. The molecule has 2 aromatic rings. The number of carbonyl (C=O) groups is 1. The minimum Gasteiger partial charge on any atom is -0.490 e. The lowest BCUT2D eigenvalue weighted by molar-refractivity contribution is -0.114. The van der Waals surface area contributed by atoms with Crippen molar-refractivity contribution in [3.63, 3.8) is 0 Å². The molecular formula is C25H26N4O5S2. The molecule has 4 rings (SSSR count). The van der Waals surface area contributed by atoms with Crippen LogP contribution in [0.25, 0.3) is 6.08 Å². The molecule has 1 N–H and O–H groups in total. The van der Waals surface area contributed by atoms with Gasteiger partial charge in [-0.05, 0) is 59.5 Å². The number of aliphatic imine (C=N–C) groups is 1. The van der Waals surface area contributed by atoms with Crippen LogP contribution < -0.4 is 9.47 Å². The van der Waals surface area contributed by atoms with E-state index < -0.39 is 15.7 Å². The van der Waals surface area contributed by atoms with Crippen molar-refractivity contribution in [2.24, 2.45) is 10.1 Å². The number of ether oxygens (including phenoxy) is 2. The maximum absolute atomic E-state index is 12.5. The Kier molecular flexibility index (Phi) is 7.60. The van der Waals surface area contributed by atoms with E-state index in [1.807, 2.05) is 18.2 Å². The Bertz CT molecular complexity index is 1380. The van der Waals surface area contributed by atoms with Gasteiger partial charge in [0.2, 0.25) is 19.4 Å². The molecule has 2 aliphatic rings. The first-order valence-corrected chi connectivity index (χ1v) is 14.0. The van der Waals surface area contributed by atoms with Crippen molar-refractivity contribution in [1.29, 1.82) is 5.41 Å². The number of sulfone groups is 1. The lowest BCUT2D eigenvalue weighted by atomic mass is 9.98. The van der Waals surface area contributed by atoms with Crippen molar-refractivity contribution in [3.05, 3.63) is 65.2 Å². The third-order valence-electron chi connectivity index (χ3n) is 5.62. The largest absolute Gasteiger partial charge is 0.490 e. The fourth-order valence-electron chi connectivity index (χ4n) is 3.50. The third kappa shape index (κ3) is 5.68. The number of hydrogen-bond acceptors (Lipinski definition) is 8. The minimum atomic E-state index is -3.58. The van der Waals surface area contributed by atoms with Crippen molar-refractivity contribution in [3.8, 4) is 11.5 Å². The van der Waals surface area contributed by atoms with Crippen LogP contribution in [0, 0.1) is 5.41 Å². The molecule has 1 atom stereocenters. The zero-order valence-corrected chi connectivity index (χ0v) is 21.7. The number of hydrazone groups is 1. The fraction of sp³-hybridized carbons (Fsp3) is 0.280. The predicted octanol–water partition coefficient (Wildman–Crippen LogP) is 4.28. The highest BCUT2D eigenvalue weighted by atomic mass is 32.3. The van der Waals surface area contributed by atoms with E-state index in [0.29, 0.717) is 30.4 Å². The number of benzene rings is 2. The molecule has 0 saturated heterocycles. The minimum absolute atomic E-state index is 0.0138. The first-order chi connectivity index (χ1) is 17.2. The van der Waals surface area contributed by atoms with E-state index in [2.05, 4.69) is 30.0 Å². The quantitative estimate of drug-likeness (QED) is 0.402. The van der Waals surface area contributed by atoms with Gasteiger partial charge in [0.1, 0.15) is 24.7 Å². The Morgan fingerprint density at radius 2 is 1.81 bits per heavy atom. The first kappa shape index (κ1) is 25.6. The molecule has 11 heteroatoms. The molecule has 0 bridgehead atoms. The van der Waals surface area contributed by atoms with E-state index in [1.54, 1.807) is 24.3 Å². The number of amidine groups is 2. The number of fused-ring (bicyclic) bond motifs is 1. The second-order valence-corrected chi connectivity index (χ2v) is 11.4. The number of para-hydroxylation sites is 1. The van der Waals surface area contributed by atoms with Crippen molar-refractivity contribution in [2.75, 3.05) is 19.5 Å². The first-order valence-electron chi connectivity index (χ1n) is 11.3. The Balaban J connectivity index is 1.37. The molecule has 0 fully saturated rings. The number of nitrogens with one attached hydrogen (secondary N) is 1. The molecule has 188 valence electrons. The molecule has 2 aromatic carbocycles. The molecule has 36 heavy (non-hydrogen) atoms. The summed E-state index contributed by atoms with van der Waals surface area (Å²) in [5.74, 6) is 1.06. The molecule has 1 amide bonds. The SMILES string of the molecule is CC[C@H](C)c1ccccc1OCCOc1ccc(/C=C2/C(=N)N3N=C(S(C)(=O)=O)SC3=NC2=O)cc1. The number of thioether (sulfide) groups is 1. The van der Waals surface area contributed by atoms with Crippen LogP contribution in [0.2, 0.25) is 0 Å². The number of carbonyl (C=O) groups excluding carboxylic acids is 1. The summed E-state index contributed by atoms with van der Waals surface area (Å²) in [7, 11) is -3.58. The van der Waals surface area contributed by atoms with Gasteiger partial charge >= 0.3 is 0 Å². The summed E-state index contributed by atoms with van der Waals surface area (Å²) < 4.78 is 35.0. The summed E-state index contributed by atoms with van der Waals surface area (Å²) in [4.78, 5) is 16.4. The summed E-state index contributed by atoms with van der Waals surface area (Å²) in [5.41, 5.74) is 1.86. The van der Waals surface area contributed by atoms with Gasteiger partial charge < -0.3 is 9.47 Å². The van der Waals surface area contributed by atoms with Crippen molar-refractivity contribution in [2.45, 2.75) is 26.2 Å². The highest BCUT2D eigenvalue weighted by molar-refractivity contribution is 8.42. The maximum Gasteiger partial charge on any atom is 0.283 e. The van der Waals surface area contributed by atoms with Crippen LogP contribution in [0.15, 0.2) is 64.2 Å². The van der Waals surface area contributed by atoms with Gasteiger partial charge in [0.15, 0.2) is 5.84 Å². The normalized spacial score (nSPS) is 17.5. The zero-order valence-electron chi connectivity index (χ0n) is 20.1. The van der Waals surface area contributed by atoms with E-state index in [4.69, 9.17) is 14.9 Å². The van der Waals surface area contributed by atoms with Crippen molar-refractivity contribution in [1.82, 2.24) is 5.01 Å². The highest BCUT2D eigenvalue weighted by Gasteiger charge is 2.38. The third-order valence-corrected chi connectivity index (χ3v) is 8.19. The number of rotatable bonds is 8. The highest BCUT2D eigenvalue weighted by Crippen LogP contribution is 2.30. The van der Waals surface area contributed by atoms with E-state index in [9.17, 15) is 13.2 Å². The van der Waals surface area contributed by atoms with Crippen LogP contribution in [0.3, 0.4) is 0 Å². The van der Waals surface area contributed by atoms with Gasteiger partial charge in [0.25, 0.3) is 5.91 Å². The topological polar surface area (TPSA) is 121 Å². The van der Waals surface area contributed by atoms with Crippen LogP contribution in [-0.2, 0) is 14.6 Å². The number of amides is 1. The Morgan fingerprint density at radius 1 is 1.11 bits per heavy atom. The van der Waals surface area contributed by atoms with Gasteiger partial charge in [-0.3, -0.25) is 10.2 Å². The summed E-state index contributed by atoms with van der Waals surface area (Å²) in [6.07, 6.45) is 3.56. The van der Waals surface area contributed by atoms with E-state index in [0.717, 1.165) is 35.2 Å². The molecule has 2 heterocycles. The van der Waals surface area contributed by atoms with Gasteiger partial charge in [-0.1, -0.05) is 44.2 Å². The number of nitrogens with zero attached hydrogens (tertiary/aromatic N) is 3. The standard InChI is InChI=1S/C25H26N4O5S2/c1-4-16(2)19-7-5-6-8-21(19)34-14-13-33-18-11-9-17(10-12-18)15-20-22(26)29-24(27-23(20)30)35-25(28-29)36(3,31)32/h5-12,15-16,26H,4,13-14H2,1-3H3/b20-15-,26-22?/t16-/m0/s1. The molecule has 9 nitrogen and oxygen atoms in total. The van der Waals surface area contributed by atoms with Gasteiger partial charge in [0, 0.05) is 6.26 Å². The zero-order chi connectivity index (χ0) is 25.9. The molecule has 0 aromatic heterocycles. The molecule has 2 aliphatic heterocycles. The van der Waals surface area contributed by atoms with E-state index in [1.165, 1.54) is 11.6 Å². The molecule has 0 saturated carbocycles. The maximum atomic E-state index is 12.5. The lowest BCUT2D eigenvalue weighted by Crippen LogP contribution is -2.35. The van der Waals surface area contributed by atoms with Gasteiger partial charge in [-0.15, -0.1) is 5.10 Å². The van der Waals surface area contributed by atoms with Crippen LogP contribution in [0.1, 0.15) is 37.3 Å². The lowest BCUT2D eigenvalue weighted by Gasteiger charge is -2.20. The molecule has 0 unspecified atom stereocenters. The number of hydrogen-bond donors (Lipinski definition) is 1. The Labute approximate surface area is 214 Å². The predicted molar refractivity (Wildman–Crippen MR) is 142 cm³/mol.